The summed E-state index contributed by atoms with van der Waals surface area (Å²) >= 11 is 0. The number of likely N-dealkylation sites (N-methyl/N-ethyl adjacent to an activating group) is 1. The van der Waals surface area contributed by atoms with E-state index in [2.05, 4.69) is 17.1 Å². The lowest BCUT2D eigenvalue weighted by Gasteiger charge is -2.36. The van der Waals surface area contributed by atoms with E-state index in [9.17, 15) is 8.78 Å². The van der Waals surface area contributed by atoms with Gasteiger partial charge in [-0.05, 0) is 37.7 Å². The molecule has 1 N–H and O–H groups in total. The van der Waals surface area contributed by atoms with Gasteiger partial charge in [-0.2, -0.15) is 0 Å². The van der Waals surface area contributed by atoms with Crippen LogP contribution >= 0.6 is 0 Å². The standard InChI is InChI=1S/C15H22F2N2O/c1-3-4-18-15(14-10-19(2)5-6-20-14)11-7-12(16)9-13(17)8-11/h7-9,14-15,18H,3-6,10H2,1-2H3. The van der Waals surface area contributed by atoms with E-state index >= 15 is 0 Å². The summed E-state index contributed by atoms with van der Waals surface area (Å²) in [4.78, 5) is 2.17. The molecule has 2 atom stereocenters. The highest BCUT2D eigenvalue weighted by atomic mass is 19.1. The topological polar surface area (TPSA) is 24.5 Å². The predicted molar refractivity (Wildman–Crippen MR) is 74.6 cm³/mol. The highest BCUT2D eigenvalue weighted by molar-refractivity contribution is 5.23. The van der Waals surface area contributed by atoms with Crippen LogP contribution in [0.2, 0.25) is 0 Å². The Morgan fingerprint density at radius 2 is 2.05 bits per heavy atom. The lowest BCUT2D eigenvalue weighted by molar-refractivity contribution is -0.0393. The van der Waals surface area contributed by atoms with Crippen molar-refractivity contribution in [1.29, 1.82) is 0 Å². The summed E-state index contributed by atoms with van der Waals surface area (Å²) in [6.45, 7) is 5.12. The van der Waals surface area contributed by atoms with Gasteiger partial charge in [0.25, 0.3) is 0 Å². The Kier molecular flexibility index (Phi) is 5.46. The van der Waals surface area contributed by atoms with Gasteiger partial charge in [-0.1, -0.05) is 6.92 Å². The maximum atomic E-state index is 13.4. The highest BCUT2D eigenvalue weighted by Gasteiger charge is 2.28. The molecular formula is C15H22F2N2O. The van der Waals surface area contributed by atoms with Crippen molar-refractivity contribution in [3.05, 3.63) is 35.4 Å². The Hall–Kier alpha value is -1.04. The molecule has 0 bridgehead atoms. The molecular weight excluding hydrogens is 262 g/mol. The third-order valence-corrected chi connectivity index (χ3v) is 3.53. The van der Waals surface area contributed by atoms with Crippen LogP contribution in [-0.2, 0) is 4.74 Å². The number of ether oxygens (including phenoxy) is 1. The van der Waals surface area contributed by atoms with Crippen molar-refractivity contribution in [1.82, 2.24) is 10.2 Å². The molecule has 112 valence electrons. The van der Waals surface area contributed by atoms with Gasteiger partial charge in [-0.3, -0.25) is 0 Å². The van der Waals surface area contributed by atoms with Gasteiger partial charge in [0, 0.05) is 19.2 Å². The maximum absolute atomic E-state index is 13.4. The van der Waals surface area contributed by atoms with Gasteiger partial charge >= 0.3 is 0 Å². The number of hydrogen-bond acceptors (Lipinski definition) is 3. The Morgan fingerprint density at radius 1 is 1.35 bits per heavy atom. The first kappa shape index (κ1) is 15.4. The van der Waals surface area contributed by atoms with Gasteiger partial charge < -0.3 is 15.0 Å². The van der Waals surface area contributed by atoms with Crippen LogP contribution in [0, 0.1) is 11.6 Å². The molecule has 0 aliphatic carbocycles. The molecule has 1 aliphatic heterocycles. The molecule has 5 heteroatoms. The Bertz CT molecular complexity index is 422. The first-order valence-corrected chi connectivity index (χ1v) is 7.09. The number of nitrogens with one attached hydrogen (secondary N) is 1. The van der Waals surface area contributed by atoms with Gasteiger partial charge in [-0.25, -0.2) is 8.78 Å². The number of morpholine rings is 1. The van der Waals surface area contributed by atoms with Crippen LogP contribution in [-0.4, -0.2) is 44.3 Å². The van der Waals surface area contributed by atoms with Gasteiger partial charge in [0.15, 0.2) is 0 Å². The van der Waals surface area contributed by atoms with Crippen molar-refractivity contribution < 1.29 is 13.5 Å². The smallest absolute Gasteiger partial charge is 0.126 e. The van der Waals surface area contributed by atoms with Gasteiger partial charge in [-0.15, -0.1) is 0 Å². The van der Waals surface area contributed by atoms with Crippen molar-refractivity contribution in [2.45, 2.75) is 25.5 Å². The first-order valence-electron chi connectivity index (χ1n) is 7.09. The number of hydrogen-bond donors (Lipinski definition) is 1. The maximum Gasteiger partial charge on any atom is 0.126 e. The Balaban J connectivity index is 2.21. The van der Waals surface area contributed by atoms with E-state index in [-0.39, 0.29) is 12.1 Å². The van der Waals surface area contributed by atoms with E-state index in [0.29, 0.717) is 12.2 Å². The van der Waals surface area contributed by atoms with Crippen LogP contribution in [0.5, 0.6) is 0 Å². The number of halogens is 2. The molecule has 0 spiro atoms. The van der Waals surface area contributed by atoms with Crippen molar-refractivity contribution in [3.63, 3.8) is 0 Å². The summed E-state index contributed by atoms with van der Waals surface area (Å²) in [7, 11) is 2.03. The summed E-state index contributed by atoms with van der Waals surface area (Å²) < 4.78 is 32.7. The van der Waals surface area contributed by atoms with E-state index in [1.54, 1.807) is 0 Å². The molecule has 0 radical (unpaired) electrons. The fourth-order valence-corrected chi connectivity index (χ4v) is 2.53. The van der Waals surface area contributed by atoms with E-state index in [1.807, 2.05) is 7.05 Å². The van der Waals surface area contributed by atoms with Crippen molar-refractivity contribution in [2.24, 2.45) is 0 Å². The summed E-state index contributed by atoms with van der Waals surface area (Å²) in [5, 5.41) is 3.35. The third kappa shape index (κ3) is 3.98. The second-order valence-electron chi connectivity index (χ2n) is 5.31. The monoisotopic (exact) mass is 284 g/mol. The van der Waals surface area contributed by atoms with E-state index in [0.717, 1.165) is 32.1 Å². The summed E-state index contributed by atoms with van der Waals surface area (Å²) in [5.41, 5.74) is 0.608. The molecule has 20 heavy (non-hydrogen) atoms. The van der Waals surface area contributed by atoms with Crippen molar-refractivity contribution in [3.8, 4) is 0 Å². The predicted octanol–water partition coefficient (Wildman–Crippen LogP) is 2.34. The zero-order valence-corrected chi connectivity index (χ0v) is 12.0. The normalized spacial score (nSPS) is 21.9. The van der Waals surface area contributed by atoms with E-state index in [1.165, 1.54) is 12.1 Å². The fourth-order valence-electron chi connectivity index (χ4n) is 2.53. The van der Waals surface area contributed by atoms with Crippen LogP contribution in [0.15, 0.2) is 18.2 Å². The number of rotatable bonds is 5. The molecule has 0 amide bonds. The summed E-state index contributed by atoms with van der Waals surface area (Å²) in [6.07, 6.45) is 0.859. The molecule has 1 aromatic rings. The molecule has 1 aliphatic rings. The third-order valence-electron chi connectivity index (χ3n) is 3.53. The molecule has 1 aromatic carbocycles. The van der Waals surface area contributed by atoms with Crippen molar-refractivity contribution in [2.75, 3.05) is 33.3 Å². The van der Waals surface area contributed by atoms with E-state index in [4.69, 9.17) is 4.74 Å². The highest BCUT2D eigenvalue weighted by Crippen LogP contribution is 2.24. The lowest BCUT2D eigenvalue weighted by atomic mass is 9.99. The van der Waals surface area contributed by atoms with E-state index < -0.39 is 11.6 Å². The second kappa shape index (κ2) is 7.11. The minimum atomic E-state index is -0.549. The zero-order valence-electron chi connectivity index (χ0n) is 12.0. The van der Waals surface area contributed by atoms with Gasteiger partial charge in [0.2, 0.25) is 0 Å². The molecule has 0 aromatic heterocycles. The molecule has 1 saturated heterocycles. The molecule has 2 rings (SSSR count). The van der Waals surface area contributed by atoms with Crippen LogP contribution in [0.1, 0.15) is 24.9 Å². The number of nitrogens with zero attached hydrogens (tertiary/aromatic N) is 1. The minimum Gasteiger partial charge on any atom is -0.374 e. The van der Waals surface area contributed by atoms with Crippen LogP contribution in [0.4, 0.5) is 8.78 Å². The van der Waals surface area contributed by atoms with Crippen LogP contribution < -0.4 is 5.32 Å². The molecule has 3 nitrogen and oxygen atoms in total. The molecule has 1 fully saturated rings. The lowest BCUT2D eigenvalue weighted by Crippen LogP contribution is -2.46. The second-order valence-corrected chi connectivity index (χ2v) is 5.31. The number of benzene rings is 1. The molecule has 2 unspecified atom stereocenters. The Labute approximate surface area is 118 Å². The largest absolute Gasteiger partial charge is 0.374 e. The van der Waals surface area contributed by atoms with Crippen LogP contribution in [0.3, 0.4) is 0 Å². The van der Waals surface area contributed by atoms with Crippen LogP contribution in [0.25, 0.3) is 0 Å². The first-order chi connectivity index (χ1) is 9.60. The summed E-state index contributed by atoms with van der Waals surface area (Å²) in [5.74, 6) is -1.10. The average molecular weight is 284 g/mol. The average Bonchev–Trinajstić information content (AvgIpc) is 2.38. The fraction of sp³-hybridized carbons (Fsp3) is 0.600. The zero-order chi connectivity index (χ0) is 14.5. The van der Waals surface area contributed by atoms with Crippen molar-refractivity contribution >= 4 is 0 Å². The molecule has 0 saturated carbocycles. The minimum absolute atomic E-state index is 0.0958. The van der Waals surface area contributed by atoms with Gasteiger partial charge in [0.05, 0.1) is 18.8 Å². The summed E-state index contributed by atoms with van der Waals surface area (Å²) in [6, 6.07) is 3.47. The van der Waals surface area contributed by atoms with Gasteiger partial charge in [0.1, 0.15) is 11.6 Å². The quantitative estimate of drug-likeness (QED) is 0.898. The Morgan fingerprint density at radius 3 is 2.65 bits per heavy atom. The molecule has 1 heterocycles. The SMILES string of the molecule is CCCNC(c1cc(F)cc(F)c1)C1CN(C)CCO1.